The summed E-state index contributed by atoms with van der Waals surface area (Å²) in [4.78, 5) is 42.2. The van der Waals surface area contributed by atoms with Gasteiger partial charge < -0.3 is 66.1 Å². The van der Waals surface area contributed by atoms with E-state index in [0.29, 0.717) is 0 Å². The van der Waals surface area contributed by atoms with Crippen LogP contribution in [0.15, 0.2) is 22.1 Å². The van der Waals surface area contributed by atoms with Crippen molar-refractivity contribution in [3.63, 3.8) is 0 Å². The number of carbonyl (C=O) groups is 1. The molecule has 2 aliphatic rings. The van der Waals surface area contributed by atoms with E-state index in [9.17, 15) is 54.8 Å². The maximum Gasteiger partial charge on any atom is 1.00 e. The van der Waals surface area contributed by atoms with E-state index < -0.39 is 118 Å². The summed E-state index contributed by atoms with van der Waals surface area (Å²) in [6.45, 7) is -0.664. The van der Waals surface area contributed by atoms with Crippen molar-refractivity contribution < 1.29 is 93.6 Å². The van der Waals surface area contributed by atoms with Crippen LogP contribution in [0.1, 0.15) is 26.0 Å². The van der Waals surface area contributed by atoms with E-state index in [1.54, 1.807) is 0 Å². The van der Waals surface area contributed by atoms with Crippen molar-refractivity contribution in [2.45, 2.75) is 80.4 Å². The van der Waals surface area contributed by atoms with E-state index in [2.05, 4.69) is 9.98 Å². The van der Waals surface area contributed by atoms with E-state index in [4.69, 9.17) is 25.5 Å². The monoisotopic (exact) mass is 647 g/mol. The number of hydrogen-bond acceptors (Lipinski definition) is 16. The number of anilines is 1. The van der Waals surface area contributed by atoms with Gasteiger partial charge in [0.25, 0.3) is 0 Å². The third-order valence-electron chi connectivity index (χ3n) is 7.03. The Kier molecular flexibility index (Phi) is 13.3. The Morgan fingerprint density at radius 1 is 1.35 bits per heavy atom. The van der Waals surface area contributed by atoms with Crippen LogP contribution in [0.4, 0.5) is 5.82 Å². The van der Waals surface area contributed by atoms with Crippen molar-refractivity contribution in [1.82, 2.24) is 9.55 Å². The van der Waals surface area contributed by atoms with Crippen molar-refractivity contribution >= 4 is 25.2 Å². The molecule has 1 aromatic rings. The van der Waals surface area contributed by atoms with Gasteiger partial charge in [0, 0.05) is 12.6 Å². The largest absolute Gasteiger partial charge is 1.00 e. The number of carbonyl (C=O) groups excluding carboxylic acids is 1. The first kappa shape index (κ1) is 37.6. The van der Waals surface area contributed by atoms with Gasteiger partial charge in [0.1, 0.15) is 54.1 Å². The summed E-state index contributed by atoms with van der Waals surface area (Å²) < 4.78 is 29.9. The predicted molar refractivity (Wildman–Crippen MR) is 138 cm³/mol. The van der Waals surface area contributed by atoms with Gasteiger partial charge in [0.05, 0.1) is 25.5 Å². The van der Waals surface area contributed by atoms with Crippen LogP contribution >= 0.6 is 7.60 Å². The van der Waals surface area contributed by atoms with Gasteiger partial charge in [-0.1, -0.05) is 0 Å². The number of rotatable bonds is 12. The topological polar surface area (TPSA) is 326 Å². The summed E-state index contributed by atoms with van der Waals surface area (Å²) in [6.07, 6.45) is -14.2. The molecule has 43 heavy (non-hydrogen) atoms. The summed E-state index contributed by atoms with van der Waals surface area (Å²) in [6, 6.07) is -0.230. The number of aliphatic hydroxyl groups excluding tert-OH is 6. The Morgan fingerprint density at radius 3 is 2.56 bits per heavy atom. The second kappa shape index (κ2) is 15.2. The van der Waals surface area contributed by atoms with Crippen molar-refractivity contribution in [2.24, 2.45) is 10.7 Å². The quantitative estimate of drug-likeness (QED) is 0.0440. The van der Waals surface area contributed by atoms with E-state index in [1.807, 2.05) is 0 Å². The maximum atomic E-state index is 12.9. The number of hydrogen-bond donors (Lipinski definition) is 9. The van der Waals surface area contributed by atoms with Crippen molar-refractivity contribution in [1.29, 1.82) is 0 Å². The van der Waals surface area contributed by atoms with Crippen molar-refractivity contribution in [3.05, 3.63) is 22.7 Å². The number of amides is 1. The summed E-state index contributed by atoms with van der Waals surface area (Å²) >= 11 is 0. The average molecular weight is 648 g/mol. The standard InChI is InChI=1S/C22H36N5O14P.Na/c1-9(29)25-14-10(30)6-22(20(24)35,41-18(14)15(32)11(31)7-28)3-5-42(37,38)39-8-12-16(33)17(34)19(40-12)27-4-2-13(23)26-21(27)36;/h2,4,10-12,14-19,28,30-34H,3,5-8H2,1H3,(H2,24,35)(H,25,29)(H,37,38)(H2,23,26,36);/q;+1/p-1/t10-,11+,12+,14+,15?,16+,17+,18+,19+,22-;/m0./s1. The fourth-order valence-corrected chi connectivity index (χ4v) is 5.91. The first-order valence-corrected chi connectivity index (χ1v) is 14.4. The number of aromatic nitrogens is 2. The maximum absolute atomic E-state index is 12.9. The second-order valence-electron chi connectivity index (χ2n) is 10.1. The molecule has 0 saturated carbocycles. The number of aliphatic hydroxyl groups is 6. The molecule has 3 rings (SSSR count). The zero-order valence-electron chi connectivity index (χ0n) is 23.3. The molecule has 11 N–H and O–H groups in total. The molecule has 1 amide bonds. The van der Waals surface area contributed by atoms with E-state index in [-0.39, 0.29) is 35.4 Å². The number of nitrogen functional groups attached to an aromatic ring is 1. The molecule has 2 aliphatic heterocycles. The molecule has 0 aromatic carbocycles. The minimum atomic E-state index is -4.64. The summed E-state index contributed by atoms with van der Waals surface area (Å²) in [7, 11) is -4.64. The molecule has 11 atom stereocenters. The number of nitrogens with zero attached hydrogens (tertiary/aromatic N) is 3. The van der Waals surface area contributed by atoms with Crippen LogP contribution in [-0.2, 0) is 23.4 Å². The molecule has 0 radical (unpaired) electrons. The van der Waals surface area contributed by atoms with E-state index in [0.717, 1.165) is 11.5 Å². The first-order valence-electron chi connectivity index (χ1n) is 12.7. The number of ether oxygens (including phenoxy) is 2. The summed E-state index contributed by atoms with van der Waals surface area (Å²) in [5.74, 6) is -2.09. The molecule has 21 heteroatoms. The number of aliphatic imine (C=N–C) groups is 1. The van der Waals surface area contributed by atoms with Gasteiger partial charge in [-0.2, -0.15) is 4.98 Å². The second-order valence-corrected chi connectivity index (χ2v) is 12.1. The molecular formula is C22H35N5NaO14P. The van der Waals surface area contributed by atoms with Gasteiger partial charge >= 0.3 is 42.8 Å². The fourth-order valence-electron chi connectivity index (χ4n) is 4.76. The molecule has 2 saturated heterocycles. The third kappa shape index (κ3) is 8.80. The van der Waals surface area contributed by atoms with Gasteiger partial charge in [-0.3, -0.25) is 18.9 Å². The van der Waals surface area contributed by atoms with Crippen LogP contribution in [0.5, 0.6) is 0 Å². The Labute approximate surface area is 266 Å². The summed E-state index contributed by atoms with van der Waals surface area (Å²) in [5.41, 5.74) is 7.85. The van der Waals surface area contributed by atoms with E-state index in [1.165, 1.54) is 12.3 Å². The van der Waals surface area contributed by atoms with Gasteiger partial charge in [0.2, 0.25) is 5.91 Å². The minimum absolute atomic E-state index is 0. The molecule has 2 fully saturated rings. The molecule has 19 nitrogen and oxygen atoms in total. The normalized spacial score (nSPS) is 34.1. The SMILES string of the molecule is CC([O-])=N[C@@H]1[C@@H](O)C[C@@](CCP(=O)(O)OC[C@H]2O[C@@H](n3ccc(N)nc3=O)[C@H](O)[C@@H]2O)(C(N)=O)O[C@H]1C(O)[C@H](O)CO.[Na+]. The Morgan fingerprint density at radius 2 is 2.00 bits per heavy atom. The molecule has 0 aliphatic carbocycles. The Hall–Kier alpha value is -1.55. The predicted octanol–water partition coefficient (Wildman–Crippen LogP) is -8.72. The van der Waals surface area contributed by atoms with E-state index >= 15 is 0 Å². The third-order valence-corrected chi connectivity index (χ3v) is 8.37. The molecule has 0 bridgehead atoms. The molecule has 0 spiro atoms. The Balaban J connectivity index is 0.00000645. The van der Waals surface area contributed by atoms with Gasteiger partial charge in [-0.15, -0.1) is 0 Å². The molecular weight excluding hydrogens is 612 g/mol. The summed E-state index contributed by atoms with van der Waals surface area (Å²) in [5, 5.41) is 72.7. The molecule has 2 unspecified atom stereocenters. The minimum Gasteiger partial charge on any atom is -0.862 e. The van der Waals surface area contributed by atoms with Crippen molar-refractivity contribution in [3.8, 4) is 0 Å². The smallest absolute Gasteiger partial charge is 0.862 e. The van der Waals surface area contributed by atoms with Gasteiger partial charge in [-0.05, 0) is 25.3 Å². The van der Waals surface area contributed by atoms with Crippen molar-refractivity contribution in [2.75, 3.05) is 25.1 Å². The van der Waals surface area contributed by atoms with Crippen LogP contribution < -0.4 is 51.8 Å². The average Bonchev–Trinajstić information content (AvgIpc) is 3.19. The zero-order valence-corrected chi connectivity index (χ0v) is 26.2. The van der Waals surface area contributed by atoms with Crippen LogP contribution in [0.2, 0.25) is 0 Å². The Bertz CT molecular complexity index is 1250. The molecule has 3 heterocycles. The number of nitrogens with two attached hydrogens (primary N) is 2. The first-order chi connectivity index (χ1) is 19.5. The number of primary amides is 1. The van der Waals surface area contributed by atoms with Crippen LogP contribution in [-0.4, -0.2) is 131 Å². The van der Waals surface area contributed by atoms with Crippen LogP contribution in [0, 0.1) is 0 Å². The van der Waals surface area contributed by atoms with Crippen LogP contribution in [0.3, 0.4) is 0 Å². The van der Waals surface area contributed by atoms with Gasteiger partial charge in [0.15, 0.2) is 6.23 Å². The van der Waals surface area contributed by atoms with Gasteiger partial charge in [-0.25, -0.2) is 4.79 Å². The van der Waals surface area contributed by atoms with Crippen LogP contribution in [0.25, 0.3) is 0 Å². The molecule has 1 aromatic heterocycles. The fraction of sp³-hybridized carbons (Fsp3) is 0.727. The molecule has 238 valence electrons. The zero-order chi connectivity index (χ0) is 31.6.